The van der Waals surface area contributed by atoms with E-state index in [2.05, 4.69) is 9.97 Å². The lowest BCUT2D eigenvalue weighted by atomic mass is 10.0. The smallest absolute Gasteiger partial charge is 0.272 e. The van der Waals surface area contributed by atoms with Crippen molar-refractivity contribution in [2.24, 2.45) is 0 Å². The number of thioether (sulfide) groups is 1. The number of carbonyl (C=O) groups is 1. The molecule has 0 fully saturated rings. The lowest BCUT2D eigenvalue weighted by Crippen LogP contribution is -2.50. The molecule has 4 atom stereocenters. The first-order valence-corrected chi connectivity index (χ1v) is 8.78. The molecule has 1 amide bonds. The fourth-order valence-electron chi connectivity index (χ4n) is 2.05. The van der Waals surface area contributed by atoms with Crippen molar-refractivity contribution in [2.75, 3.05) is 26.5 Å². The molecular formula is C14H23N3O7S. The highest BCUT2D eigenvalue weighted by molar-refractivity contribution is 7.97. The van der Waals surface area contributed by atoms with Crippen LogP contribution in [-0.4, -0.2) is 97.2 Å². The molecule has 0 aliphatic carbocycles. The van der Waals surface area contributed by atoms with Crippen LogP contribution in [0.2, 0.25) is 0 Å². The lowest BCUT2D eigenvalue weighted by Gasteiger charge is -2.28. The third-order valence-electron chi connectivity index (χ3n) is 3.42. The number of rotatable bonds is 9. The molecule has 1 aromatic rings. The molecule has 1 heterocycles. The third-order valence-corrected chi connectivity index (χ3v) is 3.99. The summed E-state index contributed by atoms with van der Waals surface area (Å²) in [5.41, 5.74) is -0.606. The molecule has 0 saturated carbocycles. The number of nitrogens with one attached hydrogen (secondary N) is 1. The van der Waals surface area contributed by atoms with Crippen LogP contribution < -0.4 is 5.56 Å². The predicted molar refractivity (Wildman–Crippen MR) is 90.2 cm³/mol. The summed E-state index contributed by atoms with van der Waals surface area (Å²) in [6, 6.07) is 1.02. The van der Waals surface area contributed by atoms with E-state index in [1.54, 1.807) is 0 Å². The number of aliphatic hydroxyl groups is 5. The van der Waals surface area contributed by atoms with Crippen molar-refractivity contribution in [2.45, 2.75) is 30.2 Å². The SMILES string of the molecule is CSCc1nc(C(=O)N(C)CC(O)C(O)C(O)C(O)CO)cc(=O)[nH]1. The Bertz CT molecular complexity index is 627. The number of likely N-dealkylation sites (N-methyl/N-ethyl adjacent to an activating group) is 1. The zero-order valence-electron chi connectivity index (χ0n) is 13.9. The van der Waals surface area contributed by atoms with Crippen molar-refractivity contribution in [1.82, 2.24) is 14.9 Å². The molecule has 142 valence electrons. The molecule has 0 radical (unpaired) electrons. The Morgan fingerprint density at radius 3 is 2.44 bits per heavy atom. The van der Waals surface area contributed by atoms with Gasteiger partial charge in [-0.15, -0.1) is 0 Å². The number of aromatic amines is 1. The summed E-state index contributed by atoms with van der Waals surface area (Å²) in [7, 11) is 1.32. The van der Waals surface area contributed by atoms with Gasteiger partial charge in [-0.3, -0.25) is 9.59 Å². The molecule has 0 spiro atoms. The van der Waals surface area contributed by atoms with Crippen molar-refractivity contribution in [3.63, 3.8) is 0 Å². The Morgan fingerprint density at radius 1 is 1.28 bits per heavy atom. The normalized spacial score (nSPS) is 16.1. The summed E-state index contributed by atoms with van der Waals surface area (Å²) in [4.78, 5) is 31.5. The summed E-state index contributed by atoms with van der Waals surface area (Å²) in [5.74, 6) is 0.0860. The van der Waals surface area contributed by atoms with Gasteiger partial charge in [-0.05, 0) is 6.26 Å². The van der Waals surface area contributed by atoms with Gasteiger partial charge in [-0.25, -0.2) is 4.98 Å². The minimum Gasteiger partial charge on any atom is -0.394 e. The molecule has 1 rings (SSSR count). The number of hydrogen-bond acceptors (Lipinski definition) is 9. The van der Waals surface area contributed by atoms with E-state index in [0.29, 0.717) is 11.6 Å². The van der Waals surface area contributed by atoms with Crippen LogP contribution in [0.4, 0.5) is 0 Å². The van der Waals surface area contributed by atoms with Gasteiger partial charge < -0.3 is 35.4 Å². The van der Waals surface area contributed by atoms with Crippen molar-refractivity contribution >= 4 is 17.7 Å². The number of carbonyl (C=O) groups excluding carboxylic acids is 1. The zero-order valence-corrected chi connectivity index (χ0v) is 14.7. The average molecular weight is 377 g/mol. The van der Waals surface area contributed by atoms with Crippen LogP contribution in [0.3, 0.4) is 0 Å². The quantitative estimate of drug-likeness (QED) is 0.265. The van der Waals surface area contributed by atoms with Gasteiger partial charge in [-0.1, -0.05) is 0 Å². The molecule has 0 saturated heterocycles. The topological polar surface area (TPSA) is 167 Å². The molecule has 25 heavy (non-hydrogen) atoms. The second-order valence-electron chi connectivity index (χ2n) is 5.49. The first-order valence-electron chi connectivity index (χ1n) is 7.39. The lowest BCUT2D eigenvalue weighted by molar-refractivity contribution is -0.117. The van der Waals surface area contributed by atoms with Crippen LogP contribution in [0, 0.1) is 0 Å². The van der Waals surface area contributed by atoms with Crippen LogP contribution in [-0.2, 0) is 5.75 Å². The van der Waals surface area contributed by atoms with E-state index in [9.17, 15) is 30.0 Å². The summed E-state index contributed by atoms with van der Waals surface area (Å²) in [6.45, 7) is -1.18. The molecule has 1 aromatic heterocycles. The number of amides is 1. The Labute approximate surface area is 148 Å². The Kier molecular flexibility index (Phi) is 8.48. The Morgan fingerprint density at radius 2 is 1.88 bits per heavy atom. The van der Waals surface area contributed by atoms with Crippen LogP contribution >= 0.6 is 11.8 Å². The maximum atomic E-state index is 12.3. The molecule has 4 unspecified atom stereocenters. The highest BCUT2D eigenvalue weighted by Gasteiger charge is 2.31. The van der Waals surface area contributed by atoms with E-state index in [1.165, 1.54) is 18.8 Å². The van der Waals surface area contributed by atoms with Gasteiger partial charge in [0.2, 0.25) is 0 Å². The van der Waals surface area contributed by atoms with Crippen LogP contribution in [0.1, 0.15) is 16.3 Å². The molecular weight excluding hydrogens is 354 g/mol. The number of aliphatic hydroxyl groups excluding tert-OH is 5. The minimum atomic E-state index is -1.78. The third kappa shape index (κ3) is 6.06. The molecule has 0 aliphatic rings. The second kappa shape index (κ2) is 9.85. The van der Waals surface area contributed by atoms with E-state index in [-0.39, 0.29) is 12.2 Å². The molecule has 0 aliphatic heterocycles. The summed E-state index contributed by atoms with van der Waals surface area (Å²) in [5, 5.41) is 47.3. The molecule has 6 N–H and O–H groups in total. The van der Waals surface area contributed by atoms with E-state index >= 15 is 0 Å². The Balaban J connectivity index is 2.81. The van der Waals surface area contributed by atoms with Crippen LogP contribution in [0.25, 0.3) is 0 Å². The van der Waals surface area contributed by atoms with Crippen molar-refractivity contribution in [1.29, 1.82) is 0 Å². The second-order valence-corrected chi connectivity index (χ2v) is 6.36. The predicted octanol–water partition coefficient (Wildman–Crippen LogP) is -2.86. The molecule has 10 nitrogen and oxygen atoms in total. The van der Waals surface area contributed by atoms with Crippen molar-refractivity contribution < 1.29 is 30.3 Å². The van der Waals surface area contributed by atoms with Crippen molar-refractivity contribution in [3.05, 3.63) is 27.9 Å². The maximum Gasteiger partial charge on any atom is 0.272 e. The average Bonchev–Trinajstić information content (AvgIpc) is 2.58. The number of H-pyrrole nitrogens is 1. The highest BCUT2D eigenvalue weighted by atomic mass is 32.2. The highest BCUT2D eigenvalue weighted by Crippen LogP contribution is 2.08. The van der Waals surface area contributed by atoms with Crippen LogP contribution in [0.5, 0.6) is 0 Å². The first kappa shape index (κ1) is 21.5. The number of aromatic nitrogens is 2. The van der Waals surface area contributed by atoms with E-state index in [4.69, 9.17) is 5.11 Å². The summed E-state index contributed by atoms with van der Waals surface area (Å²) >= 11 is 1.41. The van der Waals surface area contributed by atoms with Gasteiger partial charge in [-0.2, -0.15) is 11.8 Å². The number of nitrogens with zero attached hydrogens (tertiary/aromatic N) is 2. The molecule has 0 aromatic carbocycles. The zero-order chi connectivity index (χ0) is 19.1. The molecule has 0 bridgehead atoms. The maximum absolute atomic E-state index is 12.3. The van der Waals surface area contributed by atoms with E-state index in [1.807, 2.05) is 6.26 Å². The van der Waals surface area contributed by atoms with Gasteiger partial charge in [0.15, 0.2) is 0 Å². The fraction of sp³-hybridized carbons (Fsp3) is 0.643. The number of hydrogen-bond donors (Lipinski definition) is 6. The largest absolute Gasteiger partial charge is 0.394 e. The van der Waals surface area contributed by atoms with Crippen LogP contribution in [0.15, 0.2) is 10.9 Å². The first-order chi connectivity index (χ1) is 11.7. The summed E-state index contributed by atoms with van der Waals surface area (Å²) in [6.07, 6.45) is -4.97. The monoisotopic (exact) mass is 377 g/mol. The van der Waals surface area contributed by atoms with Crippen molar-refractivity contribution in [3.8, 4) is 0 Å². The fourth-order valence-corrected chi connectivity index (χ4v) is 2.46. The van der Waals surface area contributed by atoms with E-state index < -0.39 is 42.5 Å². The standard InChI is InChI=1S/C14H23N3O7S/c1-17(4-8(19)12(22)13(23)9(20)5-18)14(24)7-3-11(21)16-10(15-7)6-25-2/h3,8-9,12-13,18-20,22-23H,4-6H2,1-2H3,(H,15,16,21). The van der Waals surface area contributed by atoms with Gasteiger partial charge in [0.05, 0.1) is 12.4 Å². The van der Waals surface area contributed by atoms with Gasteiger partial charge in [0.25, 0.3) is 11.5 Å². The van der Waals surface area contributed by atoms with Gasteiger partial charge in [0, 0.05) is 19.7 Å². The molecule has 11 heteroatoms. The van der Waals surface area contributed by atoms with E-state index in [0.717, 1.165) is 11.0 Å². The van der Waals surface area contributed by atoms with Gasteiger partial charge in [0.1, 0.15) is 35.9 Å². The summed E-state index contributed by atoms with van der Waals surface area (Å²) < 4.78 is 0. The Hall–Kier alpha value is -1.50. The minimum absolute atomic E-state index is 0.118. The van der Waals surface area contributed by atoms with Gasteiger partial charge >= 0.3 is 0 Å².